The van der Waals surface area contributed by atoms with E-state index in [9.17, 15) is 9.59 Å². The molecule has 1 fully saturated rings. The van der Waals surface area contributed by atoms with Crippen LogP contribution in [0.25, 0.3) is 0 Å². The number of nitrogens with zero attached hydrogens (tertiary/aromatic N) is 2. The summed E-state index contributed by atoms with van der Waals surface area (Å²) in [7, 11) is 0. The maximum absolute atomic E-state index is 12.2. The van der Waals surface area contributed by atoms with Crippen molar-refractivity contribution in [3.63, 3.8) is 0 Å². The van der Waals surface area contributed by atoms with Crippen LogP contribution < -0.4 is 0 Å². The van der Waals surface area contributed by atoms with Crippen LogP contribution >= 0.6 is 0 Å². The molecule has 0 saturated carbocycles. The van der Waals surface area contributed by atoms with Gasteiger partial charge in [0, 0.05) is 12.6 Å². The molecule has 2 heterocycles. The minimum absolute atomic E-state index is 0.00144. The van der Waals surface area contributed by atoms with E-state index in [-0.39, 0.29) is 23.3 Å². The van der Waals surface area contributed by atoms with Gasteiger partial charge in [0.15, 0.2) is 11.4 Å². The van der Waals surface area contributed by atoms with Gasteiger partial charge in [0.25, 0.3) is 5.91 Å². The Kier molecular flexibility index (Phi) is 2.87. The minimum Gasteiger partial charge on any atom is -0.477 e. The molecule has 2 unspecified atom stereocenters. The summed E-state index contributed by atoms with van der Waals surface area (Å²) in [5.41, 5.74) is -0.139. The summed E-state index contributed by atoms with van der Waals surface area (Å²) in [5, 5.41) is 8.92. The van der Waals surface area contributed by atoms with Crippen LogP contribution in [0, 0.1) is 5.92 Å². The molecule has 2 atom stereocenters. The van der Waals surface area contributed by atoms with Crippen LogP contribution in [-0.4, -0.2) is 44.4 Å². The summed E-state index contributed by atoms with van der Waals surface area (Å²) >= 11 is 0. The van der Waals surface area contributed by atoms with Crippen LogP contribution in [-0.2, 0) is 0 Å². The van der Waals surface area contributed by atoms with Crippen molar-refractivity contribution in [3.8, 4) is 0 Å². The molecule has 17 heavy (non-hydrogen) atoms. The van der Waals surface area contributed by atoms with Crippen LogP contribution in [0.5, 0.6) is 0 Å². The van der Waals surface area contributed by atoms with E-state index in [4.69, 9.17) is 5.11 Å². The molecule has 1 aromatic rings. The number of hydrogen-bond donors (Lipinski definition) is 2. The predicted octanol–water partition coefficient (Wildman–Crippen LogP) is 0.978. The fourth-order valence-electron chi connectivity index (χ4n) is 2.34. The molecule has 2 N–H and O–H groups in total. The molecule has 1 saturated heterocycles. The van der Waals surface area contributed by atoms with Crippen LogP contribution in [0.3, 0.4) is 0 Å². The highest BCUT2D eigenvalue weighted by molar-refractivity contribution is 6.02. The lowest BCUT2D eigenvalue weighted by atomic mass is 10.1. The average molecular weight is 237 g/mol. The number of rotatable bonds is 2. The number of likely N-dealkylation sites (tertiary alicyclic amines) is 1. The molecule has 0 radical (unpaired) electrons. The number of aromatic nitrogens is 2. The Bertz CT molecular complexity index is 455. The van der Waals surface area contributed by atoms with E-state index in [2.05, 4.69) is 16.9 Å². The SMILES string of the molecule is CC1CC(C)N(C(=O)c2nc[nH]c2C(=O)O)C1. The second-order valence-electron chi connectivity index (χ2n) is 4.58. The molecule has 1 aliphatic rings. The lowest BCUT2D eigenvalue weighted by molar-refractivity contribution is 0.0665. The summed E-state index contributed by atoms with van der Waals surface area (Å²) in [6.45, 7) is 4.70. The minimum atomic E-state index is -1.16. The van der Waals surface area contributed by atoms with Crippen molar-refractivity contribution in [3.05, 3.63) is 17.7 Å². The van der Waals surface area contributed by atoms with E-state index in [1.807, 2.05) is 6.92 Å². The number of hydrogen-bond acceptors (Lipinski definition) is 3. The molecule has 0 spiro atoms. The Morgan fingerprint density at radius 2 is 2.24 bits per heavy atom. The number of carboxylic acid groups (broad SMARTS) is 1. The molecule has 0 bridgehead atoms. The Morgan fingerprint density at radius 1 is 1.53 bits per heavy atom. The second kappa shape index (κ2) is 4.20. The Labute approximate surface area is 98.7 Å². The molecule has 1 amide bonds. The number of imidazole rings is 1. The smallest absolute Gasteiger partial charge is 0.354 e. The van der Waals surface area contributed by atoms with Crippen molar-refractivity contribution in [1.29, 1.82) is 0 Å². The standard InChI is InChI=1S/C11H15N3O3/c1-6-3-7(2)14(4-6)10(15)8-9(11(16)17)13-5-12-8/h5-7H,3-4H2,1-2H3,(H,12,13)(H,16,17). The van der Waals surface area contributed by atoms with Gasteiger partial charge in [-0.2, -0.15) is 0 Å². The summed E-state index contributed by atoms with van der Waals surface area (Å²) in [6, 6.07) is 0.135. The summed E-state index contributed by atoms with van der Waals surface area (Å²) in [5.74, 6) is -1.02. The van der Waals surface area contributed by atoms with Crippen molar-refractivity contribution in [2.24, 2.45) is 5.92 Å². The zero-order valence-electron chi connectivity index (χ0n) is 9.80. The highest BCUT2D eigenvalue weighted by Crippen LogP contribution is 2.24. The van der Waals surface area contributed by atoms with E-state index < -0.39 is 5.97 Å². The van der Waals surface area contributed by atoms with E-state index in [0.29, 0.717) is 12.5 Å². The third-order valence-corrected chi connectivity index (χ3v) is 3.10. The molecule has 0 aliphatic carbocycles. The third-order valence-electron chi connectivity index (χ3n) is 3.10. The first kappa shape index (κ1) is 11.6. The van der Waals surface area contributed by atoms with Crippen molar-refractivity contribution in [1.82, 2.24) is 14.9 Å². The maximum atomic E-state index is 12.2. The van der Waals surface area contributed by atoms with Crippen molar-refractivity contribution >= 4 is 11.9 Å². The van der Waals surface area contributed by atoms with Crippen molar-refractivity contribution < 1.29 is 14.7 Å². The first-order chi connectivity index (χ1) is 8.00. The number of carboxylic acids is 1. The first-order valence-corrected chi connectivity index (χ1v) is 5.58. The van der Waals surface area contributed by atoms with Gasteiger partial charge in [0.05, 0.1) is 6.33 Å². The van der Waals surface area contributed by atoms with Gasteiger partial charge in [0.2, 0.25) is 0 Å². The van der Waals surface area contributed by atoms with E-state index in [1.165, 1.54) is 6.33 Å². The molecule has 1 aromatic heterocycles. The third kappa shape index (κ3) is 2.02. The van der Waals surface area contributed by atoms with Crippen molar-refractivity contribution in [2.75, 3.05) is 6.54 Å². The van der Waals surface area contributed by atoms with E-state index >= 15 is 0 Å². The van der Waals surface area contributed by atoms with Crippen LogP contribution in [0.4, 0.5) is 0 Å². The fraction of sp³-hybridized carbons (Fsp3) is 0.545. The van der Waals surface area contributed by atoms with Crippen LogP contribution in [0.1, 0.15) is 41.2 Å². The Morgan fingerprint density at radius 3 is 2.76 bits per heavy atom. The quantitative estimate of drug-likeness (QED) is 0.802. The average Bonchev–Trinajstić information content (AvgIpc) is 2.83. The Hall–Kier alpha value is -1.85. The largest absolute Gasteiger partial charge is 0.477 e. The van der Waals surface area contributed by atoms with E-state index in [0.717, 1.165) is 6.42 Å². The van der Waals surface area contributed by atoms with Crippen LogP contribution in [0.15, 0.2) is 6.33 Å². The lowest BCUT2D eigenvalue weighted by Crippen LogP contribution is -2.35. The molecule has 0 aromatic carbocycles. The Balaban J connectivity index is 2.25. The molecule has 2 rings (SSSR count). The fourth-order valence-corrected chi connectivity index (χ4v) is 2.34. The van der Waals surface area contributed by atoms with Crippen molar-refractivity contribution in [2.45, 2.75) is 26.3 Å². The number of carbonyl (C=O) groups is 2. The maximum Gasteiger partial charge on any atom is 0.354 e. The molecule has 6 nitrogen and oxygen atoms in total. The van der Waals surface area contributed by atoms with Gasteiger partial charge in [-0.1, -0.05) is 6.92 Å². The molecule has 92 valence electrons. The van der Waals surface area contributed by atoms with Gasteiger partial charge in [-0.25, -0.2) is 9.78 Å². The van der Waals surface area contributed by atoms with Gasteiger partial charge in [-0.15, -0.1) is 0 Å². The zero-order valence-corrected chi connectivity index (χ0v) is 9.80. The highest BCUT2D eigenvalue weighted by atomic mass is 16.4. The number of amides is 1. The first-order valence-electron chi connectivity index (χ1n) is 5.58. The van der Waals surface area contributed by atoms with Gasteiger partial charge in [-0.05, 0) is 19.3 Å². The molecular formula is C11H15N3O3. The molecule has 1 aliphatic heterocycles. The molecular weight excluding hydrogens is 222 g/mol. The van der Waals surface area contributed by atoms with Gasteiger partial charge in [0.1, 0.15) is 0 Å². The summed E-state index contributed by atoms with van der Waals surface area (Å²) in [6.07, 6.45) is 2.18. The normalized spacial score (nSPS) is 24.0. The van der Waals surface area contributed by atoms with Gasteiger partial charge >= 0.3 is 5.97 Å². The van der Waals surface area contributed by atoms with E-state index in [1.54, 1.807) is 4.90 Å². The summed E-state index contributed by atoms with van der Waals surface area (Å²) in [4.78, 5) is 31.1. The zero-order chi connectivity index (χ0) is 12.6. The molecule has 6 heteroatoms. The topological polar surface area (TPSA) is 86.3 Å². The monoisotopic (exact) mass is 237 g/mol. The number of aromatic carboxylic acids is 1. The van der Waals surface area contributed by atoms with Gasteiger partial charge < -0.3 is 15.0 Å². The highest BCUT2D eigenvalue weighted by Gasteiger charge is 2.33. The second-order valence-corrected chi connectivity index (χ2v) is 4.58. The number of nitrogens with one attached hydrogen (secondary N) is 1. The number of aromatic amines is 1. The number of H-pyrrole nitrogens is 1. The van der Waals surface area contributed by atoms with Gasteiger partial charge in [-0.3, -0.25) is 4.79 Å². The van der Waals surface area contributed by atoms with Crippen LogP contribution in [0.2, 0.25) is 0 Å². The lowest BCUT2D eigenvalue weighted by Gasteiger charge is -2.20. The number of carbonyl (C=O) groups excluding carboxylic acids is 1. The predicted molar refractivity (Wildman–Crippen MR) is 59.8 cm³/mol. The summed E-state index contributed by atoms with van der Waals surface area (Å²) < 4.78 is 0.